The van der Waals surface area contributed by atoms with E-state index in [0.717, 1.165) is 0 Å². The molecule has 1 aliphatic heterocycles. The largest absolute Gasteiger partial charge is 0.493 e. The van der Waals surface area contributed by atoms with E-state index >= 15 is 0 Å². The average molecular weight is 379 g/mol. The van der Waals surface area contributed by atoms with Gasteiger partial charge in [-0.25, -0.2) is 4.79 Å². The average Bonchev–Trinajstić information content (AvgIpc) is 2.72. The zero-order valence-electron chi connectivity index (χ0n) is 16.8. The molecule has 8 nitrogen and oxygen atoms in total. The van der Waals surface area contributed by atoms with E-state index < -0.39 is 0 Å². The summed E-state index contributed by atoms with van der Waals surface area (Å²) in [6.07, 6.45) is 0. The Hall–Kier alpha value is -2.64. The number of hydrogen-bond donors (Lipinski definition) is 0. The molecular formula is C19H29N3O5. The van der Waals surface area contributed by atoms with Gasteiger partial charge < -0.3 is 28.9 Å². The van der Waals surface area contributed by atoms with Crippen LogP contribution in [-0.2, 0) is 0 Å². The Labute approximate surface area is 160 Å². The number of hydrogen-bond acceptors (Lipinski definition) is 5. The first-order valence-electron chi connectivity index (χ1n) is 9.13. The molecule has 0 atom stereocenters. The maximum Gasteiger partial charge on any atom is 0.320 e. The molecule has 150 valence electrons. The van der Waals surface area contributed by atoms with Gasteiger partial charge in [-0.3, -0.25) is 4.79 Å². The highest BCUT2D eigenvalue weighted by Crippen LogP contribution is 2.38. The summed E-state index contributed by atoms with van der Waals surface area (Å²) < 4.78 is 15.9. The van der Waals surface area contributed by atoms with Crippen molar-refractivity contribution in [3.63, 3.8) is 0 Å². The van der Waals surface area contributed by atoms with E-state index in [2.05, 4.69) is 0 Å². The number of benzene rings is 1. The van der Waals surface area contributed by atoms with Crippen molar-refractivity contribution < 1.29 is 23.8 Å². The van der Waals surface area contributed by atoms with Crippen LogP contribution in [-0.4, -0.2) is 87.2 Å². The van der Waals surface area contributed by atoms with Gasteiger partial charge in [-0.05, 0) is 26.0 Å². The second kappa shape index (κ2) is 9.34. The quantitative estimate of drug-likeness (QED) is 0.755. The molecule has 1 fully saturated rings. The van der Waals surface area contributed by atoms with Gasteiger partial charge in [0.15, 0.2) is 11.5 Å². The first-order chi connectivity index (χ1) is 13.0. The molecule has 1 aliphatic rings. The maximum atomic E-state index is 12.9. The van der Waals surface area contributed by atoms with Crippen LogP contribution in [0.4, 0.5) is 4.79 Å². The monoisotopic (exact) mass is 379 g/mol. The number of ether oxygens (including phenoxy) is 3. The van der Waals surface area contributed by atoms with E-state index in [1.807, 2.05) is 13.8 Å². The molecule has 0 bridgehead atoms. The fourth-order valence-corrected chi connectivity index (χ4v) is 3.18. The lowest BCUT2D eigenvalue weighted by Crippen LogP contribution is -2.54. The lowest BCUT2D eigenvalue weighted by molar-refractivity contribution is 0.0641. The normalized spacial score (nSPS) is 14.0. The highest BCUT2D eigenvalue weighted by atomic mass is 16.5. The van der Waals surface area contributed by atoms with Gasteiger partial charge in [0.2, 0.25) is 5.75 Å². The molecule has 8 heteroatoms. The first kappa shape index (κ1) is 20.7. The van der Waals surface area contributed by atoms with Gasteiger partial charge in [-0.2, -0.15) is 0 Å². The highest BCUT2D eigenvalue weighted by Gasteiger charge is 2.28. The fourth-order valence-electron chi connectivity index (χ4n) is 3.18. The molecule has 1 saturated heterocycles. The lowest BCUT2D eigenvalue weighted by atomic mass is 10.1. The van der Waals surface area contributed by atoms with Crippen LogP contribution in [0, 0.1) is 0 Å². The van der Waals surface area contributed by atoms with Gasteiger partial charge in [0, 0.05) is 44.8 Å². The van der Waals surface area contributed by atoms with Crippen molar-refractivity contribution in [2.75, 3.05) is 60.6 Å². The topological polar surface area (TPSA) is 71.6 Å². The molecule has 1 aromatic rings. The Morgan fingerprint density at radius 3 is 1.78 bits per heavy atom. The molecule has 0 aromatic heterocycles. The summed E-state index contributed by atoms with van der Waals surface area (Å²) in [5.74, 6) is 1.21. The fraction of sp³-hybridized carbons (Fsp3) is 0.579. The van der Waals surface area contributed by atoms with Gasteiger partial charge >= 0.3 is 6.03 Å². The van der Waals surface area contributed by atoms with Gasteiger partial charge in [0.1, 0.15) is 0 Å². The van der Waals surface area contributed by atoms with Crippen LogP contribution >= 0.6 is 0 Å². The number of amides is 3. The summed E-state index contributed by atoms with van der Waals surface area (Å²) in [6, 6.07) is 3.33. The van der Waals surface area contributed by atoms with E-state index in [0.29, 0.717) is 62.1 Å². The molecule has 2 rings (SSSR count). The van der Waals surface area contributed by atoms with Crippen molar-refractivity contribution in [1.82, 2.24) is 14.7 Å². The van der Waals surface area contributed by atoms with Gasteiger partial charge in [0.25, 0.3) is 5.91 Å². The lowest BCUT2D eigenvalue weighted by Gasteiger charge is -2.37. The van der Waals surface area contributed by atoms with Crippen LogP contribution in [0.15, 0.2) is 12.1 Å². The number of methoxy groups -OCH3 is 3. The van der Waals surface area contributed by atoms with Crippen molar-refractivity contribution in [2.24, 2.45) is 0 Å². The first-order valence-corrected chi connectivity index (χ1v) is 9.13. The predicted octanol–water partition coefficient (Wildman–Crippen LogP) is 1.93. The molecule has 0 saturated carbocycles. The Bertz CT molecular complexity index is 642. The van der Waals surface area contributed by atoms with Crippen molar-refractivity contribution in [3.8, 4) is 17.2 Å². The van der Waals surface area contributed by atoms with E-state index in [1.165, 1.54) is 21.3 Å². The zero-order valence-corrected chi connectivity index (χ0v) is 16.8. The van der Waals surface area contributed by atoms with Gasteiger partial charge in [-0.1, -0.05) is 0 Å². The molecule has 0 N–H and O–H groups in total. The molecule has 0 aliphatic carbocycles. The van der Waals surface area contributed by atoms with Crippen LogP contribution in [0.1, 0.15) is 24.2 Å². The SMILES string of the molecule is CCN(CC)C(=O)N1CCN(C(=O)c2cc(OC)c(OC)c(OC)c2)CC1. The minimum atomic E-state index is -0.121. The Morgan fingerprint density at radius 1 is 0.889 bits per heavy atom. The second-order valence-electron chi connectivity index (χ2n) is 6.15. The standard InChI is InChI=1S/C19H29N3O5/c1-6-20(7-2)19(24)22-10-8-21(9-11-22)18(23)14-12-15(25-3)17(27-5)16(13-14)26-4/h12-13H,6-11H2,1-5H3. The molecule has 1 aromatic carbocycles. The highest BCUT2D eigenvalue weighted by molar-refractivity contribution is 5.96. The van der Waals surface area contributed by atoms with Crippen LogP contribution in [0.3, 0.4) is 0 Å². The number of carbonyl (C=O) groups excluding carboxylic acids is 2. The van der Waals surface area contributed by atoms with Crippen LogP contribution in [0.5, 0.6) is 17.2 Å². The van der Waals surface area contributed by atoms with Gasteiger partial charge in [0.05, 0.1) is 21.3 Å². The Balaban J connectivity index is 2.11. The van der Waals surface area contributed by atoms with Crippen molar-refractivity contribution in [1.29, 1.82) is 0 Å². The third-order valence-electron chi connectivity index (χ3n) is 4.78. The summed E-state index contributed by atoms with van der Waals surface area (Å²) in [7, 11) is 4.56. The molecule has 0 spiro atoms. The van der Waals surface area contributed by atoms with E-state index in [-0.39, 0.29) is 11.9 Å². The molecule has 0 unspecified atom stereocenters. The summed E-state index contributed by atoms with van der Waals surface area (Å²) >= 11 is 0. The molecule has 0 radical (unpaired) electrons. The molecule has 27 heavy (non-hydrogen) atoms. The van der Waals surface area contributed by atoms with E-state index in [1.54, 1.807) is 26.8 Å². The smallest absolute Gasteiger partial charge is 0.320 e. The third-order valence-corrected chi connectivity index (χ3v) is 4.78. The number of carbonyl (C=O) groups is 2. The zero-order chi connectivity index (χ0) is 20.0. The van der Waals surface area contributed by atoms with Crippen molar-refractivity contribution in [3.05, 3.63) is 17.7 Å². The van der Waals surface area contributed by atoms with Crippen LogP contribution < -0.4 is 14.2 Å². The minimum absolute atomic E-state index is 0.0277. The maximum absolute atomic E-state index is 12.9. The van der Waals surface area contributed by atoms with Crippen molar-refractivity contribution in [2.45, 2.75) is 13.8 Å². The summed E-state index contributed by atoms with van der Waals surface area (Å²) in [6.45, 7) is 7.30. The Kier molecular flexibility index (Phi) is 7.15. The third kappa shape index (κ3) is 4.37. The second-order valence-corrected chi connectivity index (χ2v) is 6.15. The molecule has 3 amide bonds. The summed E-state index contributed by atoms with van der Waals surface area (Å²) in [4.78, 5) is 30.7. The molecular weight excluding hydrogens is 350 g/mol. The van der Waals surface area contributed by atoms with Crippen molar-refractivity contribution >= 4 is 11.9 Å². The number of rotatable bonds is 6. The minimum Gasteiger partial charge on any atom is -0.493 e. The van der Waals surface area contributed by atoms with Crippen LogP contribution in [0.2, 0.25) is 0 Å². The molecule has 1 heterocycles. The number of nitrogens with zero attached hydrogens (tertiary/aromatic N) is 3. The van der Waals surface area contributed by atoms with Crippen LogP contribution in [0.25, 0.3) is 0 Å². The van der Waals surface area contributed by atoms with E-state index in [4.69, 9.17) is 14.2 Å². The number of urea groups is 1. The summed E-state index contributed by atoms with van der Waals surface area (Å²) in [5.41, 5.74) is 0.466. The van der Waals surface area contributed by atoms with Gasteiger partial charge in [-0.15, -0.1) is 0 Å². The summed E-state index contributed by atoms with van der Waals surface area (Å²) in [5, 5.41) is 0. The Morgan fingerprint density at radius 2 is 1.37 bits per heavy atom. The van der Waals surface area contributed by atoms with E-state index in [9.17, 15) is 9.59 Å². The predicted molar refractivity (Wildman–Crippen MR) is 102 cm³/mol. The number of piperazine rings is 1.